The van der Waals surface area contributed by atoms with Crippen LogP contribution in [0.5, 0.6) is 17.2 Å². The van der Waals surface area contributed by atoms with Gasteiger partial charge < -0.3 is 23.7 Å². The largest absolute Gasteiger partial charge is 0.493 e. The van der Waals surface area contributed by atoms with Gasteiger partial charge in [0.25, 0.3) is 0 Å². The lowest BCUT2D eigenvalue weighted by atomic mass is 10.0. The molecule has 1 atom stereocenters. The van der Waals surface area contributed by atoms with Crippen molar-refractivity contribution in [3.8, 4) is 17.2 Å². The minimum absolute atomic E-state index is 0.209. The van der Waals surface area contributed by atoms with E-state index in [1.165, 1.54) is 6.26 Å². The smallest absolute Gasteiger partial charge is 0.203 e. The quantitative estimate of drug-likeness (QED) is 0.376. The first kappa shape index (κ1) is 23.7. The number of imidazole rings is 1. The number of aromatic nitrogens is 2. The van der Waals surface area contributed by atoms with Gasteiger partial charge >= 0.3 is 0 Å². The second kappa shape index (κ2) is 8.91. The SMILES string of the molecule is C=C1c2nc3ccccc3n2CC(c2ccc(S(C)(=O)=O)cc2)N1c1cc(OC)c(OC)c(OC)c1. The van der Waals surface area contributed by atoms with Gasteiger partial charge in [0.15, 0.2) is 27.2 Å². The van der Waals surface area contributed by atoms with Gasteiger partial charge in [-0.3, -0.25) is 0 Å². The van der Waals surface area contributed by atoms with Gasteiger partial charge in [0, 0.05) is 30.6 Å². The second-order valence-corrected chi connectivity index (χ2v) is 10.6. The zero-order chi connectivity index (χ0) is 25.6. The van der Waals surface area contributed by atoms with Gasteiger partial charge in [0.2, 0.25) is 5.75 Å². The van der Waals surface area contributed by atoms with Gasteiger partial charge in [-0.2, -0.15) is 0 Å². The molecule has 9 heteroatoms. The number of anilines is 1. The van der Waals surface area contributed by atoms with E-state index < -0.39 is 9.84 Å². The lowest BCUT2D eigenvalue weighted by Gasteiger charge is -2.40. The second-order valence-electron chi connectivity index (χ2n) is 8.59. The van der Waals surface area contributed by atoms with Crippen molar-refractivity contribution in [3.05, 3.63) is 78.6 Å². The van der Waals surface area contributed by atoms with Crippen molar-refractivity contribution >= 4 is 32.3 Å². The molecule has 0 fully saturated rings. The molecular weight excluding hydrogens is 478 g/mol. The summed E-state index contributed by atoms with van der Waals surface area (Å²) >= 11 is 0. The topological polar surface area (TPSA) is 82.9 Å². The molecule has 8 nitrogen and oxygen atoms in total. The first-order valence-corrected chi connectivity index (χ1v) is 13.2. The Bertz CT molecular complexity index is 1550. The fraction of sp³-hybridized carbons (Fsp3) is 0.222. The van der Waals surface area contributed by atoms with Crippen LogP contribution >= 0.6 is 0 Å². The highest BCUT2D eigenvalue weighted by Crippen LogP contribution is 2.47. The van der Waals surface area contributed by atoms with E-state index >= 15 is 0 Å². The number of sulfone groups is 1. The molecule has 1 aromatic heterocycles. The Morgan fingerprint density at radius 3 is 2.17 bits per heavy atom. The van der Waals surface area contributed by atoms with Crippen molar-refractivity contribution in [2.45, 2.75) is 17.5 Å². The van der Waals surface area contributed by atoms with Crippen molar-refractivity contribution in [3.63, 3.8) is 0 Å². The van der Waals surface area contributed by atoms with Crippen LogP contribution < -0.4 is 19.1 Å². The average Bonchev–Trinajstić information content (AvgIpc) is 3.26. The normalized spacial score (nSPS) is 15.6. The zero-order valence-electron chi connectivity index (χ0n) is 20.6. The molecular formula is C27H27N3O5S. The van der Waals surface area contributed by atoms with Crippen molar-refractivity contribution in [1.82, 2.24) is 9.55 Å². The molecule has 0 N–H and O–H groups in total. The molecule has 186 valence electrons. The summed E-state index contributed by atoms with van der Waals surface area (Å²) in [5.74, 6) is 2.29. The number of hydrogen-bond donors (Lipinski definition) is 0. The van der Waals surface area contributed by atoms with Crippen LogP contribution in [0.15, 0.2) is 72.1 Å². The van der Waals surface area contributed by atoms with Crippen molar-refractivity contribution < 1.29 is 22.6 Å². The molecule has 0 radical (unpaired) electrons. The molecule has 0 saturated carbocycles. The van der Waals surface area contributed by atoms with E-state index in [1.807, 2.05) is 48.5 Å². The number of rotatable bonds is 6. The van der Waals surface area contributed by atoms with E-state index in [9.17, 15) is 8.42 Å². The molecule has 1 unspecified atom stereocenters. The van der Waals surface area contributed by atoms with Crippen LogP contribution in [0.3, 0.4) is 0 Å². The molecule has 0 bridgehead atoms. The van der Waals surface area contributed by atoms with Gasteiger partial charge in [0.1, 0.15) is 0 Å². The third kappa shape index (κ3) is 3.85. The molecule has 0 spiro atoms. The summed E-state index contributed by atoms with van der Waals surface area (Å²) in [6.07, 6.45) is 1.20. The predicted molar refractivity (Wildman–Crippen MR) is 140 cm³/mol. The third-order valence-corrected chi connectivity index (χ3v) is 7.62. The van der Waals surface area contributed by atoms with Crippen molar-refractivity contribution in [2.75, 3.05) is 32.5 Å². The monoisotopic (exact) mass is 505 g/mol. The van der Waals surface area contributed by atoms with Crippen LogP contribution in [0.2, 0.25) is 0 Å². The third-order valence-electron chi connectivity index (χ3n) is 6.49. The summed E-state index contributed by atoms with van der Waals surface area (Å²) in [5, 5.41) is 0. The first-order chi connectivity index (χ1) is 17.3. The van der Waals surface area contributed by atoms with E-state index in [4.69, 9.17) is 19.2 Å². The number of methoxy groups -OCH3 is 3. The van der Waals surface area contributed by atoms with Gasteiger partial charge in [-0.1, -0.05) is 30.8 Å². The lowest BCUT2D eigenvalue weighted by molar-refractivity contribution is 0.324. The predicted octanol–water partition coefficient (Wildman–Crippen LogP) is 4.70. The minimum atomic E-state index is -3.31. The van der Waals surface area contributed by atoms with Crippen LogP contribution in [-0.4, -0.2) is 45.6 Å². The zero-order valence-corrected chi connectivity index (χ0v) is 21.4. The van der Waals surface area contributed by atoms with E-state index in [0.29, 0.717) is 29.5 Å². The van der Waals surface area contributed by atoms with E-state index in [1.54, 1.807) is 33.5 Å². The molecule has 3 aromatic carbocycles. The number of benzene rings is 3. The lowest BCUT2D eigenvalue weighted by Crippen LogP contribution is -2.36. The summed E-state index contributed by atoms with van der Waals surface area (Å²) in [6, 6.07) is 18.5. The Hall–Kier alpha value is -3.98. The van der Waals surface area contributed by atoms with E-state index in [-0.39, 0.29) is 10.9 Å². The van der Waals surface area contributed by atoms with Crippen molar-refractivity contribution in [2.24, 2.45) is 0 Å². The maximum atomic E-state index is 12.1. The molecule has 0 amide bonds. The van der Waals surface area contributed by atoms with Crippen LogP contribution in [0.1, 0.15) is 17.4 Å². The van der Waals surface area contributed by atoms with Crippen LogP contribution in [0.4, 0.5) is 5.69 Å². The Labute approximate surface area is 210 Å². The highest BCUT2D eigenvalue weighted by atomic mass is 32.2. The number of fused-ring (bicyclic) bond motifs is 3. The number of hydrogen-bond acceptors (Lipinski definition) is 7. The molecule has 2 heterocycles. The highest BCUT2D eigenvalue weighted by Gasteiger charge is 2.34. The van der Waals surface area contributed by atoms with Gasteiger partial charge in [-0.05, 0) is 29.8 Å². The molecule has 0 aliphatic carbocycles. The molecule has 1 aliphatic heterocycles. The maximum Gasteiger partial charge on any atom is 0.203 e. The molecule has 0 saturated heterocycles. The summed E-state index contributed by atoms with van der Waals surface area (Å²) in [6.45, 7) is 5.00. The Balaban J connectivity index is 1.72. The molecule has 1 aliphatic rings. The first-order valence-electron chi connectivity index (χ1n) is 11.3. The molecule has 36 heavy (non-hydrogen) atoms. The Morgan fingerprint density at radius 1 is 0.944 bits per heavy atom. The number of para-hydroxylation sites is 2. The minimum Gasteiger partial charge on any atom is -0.493 e. The average molecular weight is 506 g/mol. The van der Waals surface area contributed by atoms with Gasteiger partial charge in [-0.25, -0.2) is 13.4 Å². The maximum absolute atomic E-state index is 12.1. The van der Waals surface area contributed by atoms with Crippen molar-refractivity contribution in [1.29, 1.82) is 0 Å². The fourth-order valence-corrected chi connectivity index (χ4v) is 5.40. The Morgan fingerprint density at radius 2 is 1.58 bits per heavy atom. The fourth-order valence-electron chi connectivity index (χ4n) is 4.76. The summed E-state index contributed by atoms with van der Waals surface area (Å²) < 4.78 is 43.0. The molecule has 4 aromatic rings. The number of nitrogens with zero attached hydrogens (tertiary/aromatic N) is 3. The number of ether oxygens (including phenoxy) is 3. The van der Waals surface area contributed by atoms with Crippen LogP contribution in [0.25, 0.3) is 16.7 Å². The van der Waals surface area contributed by atoms with Gasteiger partial charge in [0.05, 0.1) is 49.0 Å². The summed E-state index contributed by atoms with van der Waals surface area (Å²) in [5.41, 5.74) is 4.30. The van der Waals surface area contributed by atoms with Crippen LogP contribution in [0, 0.1) is 0 Å². The summed E-state index contributed by atoms with van der Waals surface area (Å²) in [7, 11) is 1.40. The summed E-state index contributed by atoms with van der Waals surface area (Å²) in [4.78, 5) is 7.22. The highest BCUT2D eigenvalue weighted by molar-refractivity contribution is 7.90. The van der Waals surface area contributed by atoms with E-state index in [2.05, 4.69) is 16.0 Å². The van der Waals surface area contributed by atoms with E-state index in [0.717, 1.165) is 28.1 Å². The van der Waals surface area contributed by atoms with Gasteiger partial charge in [-0.15, -0.1) is 0 Å². The molecule has 5 rings (SSSR count). The Kier molecular flexibility index (Phi) is 5.88. The standard InChI is InChI=1S/C27H27N3O5S/c1-17-27-28-21-8-6-7-9-22(21)29(27)16-23(18-10-12-20(13-11-18)36(5,31)32)30(17)19-14-24(33-2)26(35-4)25(15-19)34-3/h6-15,23H,1,16H2,2-5H3. The van der Waals surface area contributed by atoms with Crippen LogP contribution in [-0.2, 0) is 16.4 Å².